The highest BCUT2D eigenvalue weighted by Crippen LogP contribution is 2.29. The van der Waals surface area contributed by atoms with Gasteiger partial charge in [0.1, 0.15) is 36.0 Å². The Bertz CT molecular complexity index is 1240. The largest absolute Gasteiger partial charge is 0.467 e. The summed E-state index contributed by atoms with van der Waals surface area (Å²) in [6.45, 7) is 6.51. The highest BCUT2D eigenvalue weighted by Gasteiger charge is 2.44. The first-order chi connectivity index (χ1) is 25.0. The van der Waals surface area contributed by atoms with Crippen LogP contribution >= 0.6 is 21.6 Å². The second-order valence-electron chi connectivity index (χ2n) is 14.6. The number of fused-ring (bicyclic) bond motifs is 2. The van der Waals surface area contributed by atoms with Crippen LogP contribution in [0.4, 0.5) is 0 Å². The molecule has 3 aliphatic rings. The average Bonchev–Trinajstić information content (AvgIpc) is 3.82. The predicted octanol–water partition coefficient (Wildman–Crippen LogP) is 3.92. The molecule has 5 atom stereocenters. The van der Waals surface area contributed by atoms with Crippen LogP contribution in [-0.2, 0) is 38.3 Å². The lowest BCUT2D eigenvalue weighted by molar-refractivity contribution is -0.148. The molecule has 3 saturated heterocycles. The van der Waals surface area contributed by atoms with Crippen molar-refractivity contribution in [3.63, 3.8) is 0 Å². The first-order valence-electron chi connectivity index (χ1n) is 19.3. The van der Waals surface area contributed by atoms with E-state index in [-0.39, 0.29) is 41.6 Å². The third-order valence-corrected chi connectivity index (χ3v) is 12.4. The molecule has 5 amide bonds. The molecule has 15 heteroatoms. The number of nitrogens with zero attached hydrogens (tertiary/aromatic N) is 2. The fourth-order valence-electron chi connectivity index (χ4n) is 7.05. The summed E-state index contributed by atoms with van der Waals surface area (Å²) in [6.07, 6.45) is 12.0. The van der Waals surface area contributed by atoms with Gasteiger partial charge in [-0.05, 0) is 50.9 Å². The topological polar surface area (TPSA) is 171 Å². The van der Waals surface area contributed by atoms with Crippen LogP contribution in [0, 0.1) is 5.92 Å². The Labute approximate surface area is 317 Å². The van der Waals surface area contributed by atoms with Crippen LogP contribution in [0.1, 0.15) is 124 Å². The number of carbonyl (C=O) groups excluding carboxylic acids is 7. The van der Waals surface area contributed by atoms with Gasteiger partial charge in [-0.2, -0.15) is 0 Å². The highest BCUT2D eigenvalue weighted by atomic mass is 33.1. The van der Waals surface area contributed by atoms with E-state index in [0.717, 1.165) is 44.9 Å². The lowest BCUT2D eigenvalue weighted by Gasteiger charge is -2.33. The molecule has 3 N–H and O–H groups in total. The molecule has 0 aromatic rings. The molecule has 52 heavy (non-hydrogen) atoms. The van der Waals surface area contributed by atoms with Crippen LogP contribution in [-0.4, -0.2) is 113 Å². The zero-order chi connectivity index (χ0) is 38.0. The third kappa shape index (κ3) is 13.9. The van der Waals surface area contributed by atoms with E-state index in [4.69, 9.17) is 4.74 Å². The second kappa shape index (κ2) is 23.1. The zero-order valence-corrected chi connectivity index (χ0v) is 33.2. The van der Waals surface area contributed by atoms with Gasteiger partial charge in [0, 0.05) is 43.9 Å². The number of amides is 5. The first-order valence-corrected chi connectivity index (χ1v) is 21.8. The molecular formula is C37H61N5O8S2. The Balaban J connectivity index is 1.68. The maximum absolute atomic E-state index is 14.1. The van der Waals surface area contributed by atoms with Gasteiger partial charge in [0.05, 0.1) is 7.11 Å². The molecule has 0 saturated carbocycles. The minimum atomic E-state index is -1.00. The van der Waals surface area contributed by atoms with Crippen molar-refractivity contribution >= 4 is 62.9 Å². The number of ether oxygens (including phenoxy) is 1. The number of ketones is 1. The van der Waals surface area contributed by atoms with Crippen LogP contribution < -0.4 is 16.0 Å². The maximum atomic E-state index is 14.1. The molecule has 0 bridgehead atoms. The summed E-state index contributed by atoms with van der Waals surface area (Å²) in [5, 5.41) is 8.54. The Hall–Kier alpha value is -2.81. The number of Topliss-reactive ketones (excluding diaryl/α,β-unsaturated/α-hetero) is 1. The Morgan fingerprint density at radius 2 is 1.37 bits per heavy atom. The molecule has 3 rings (SSSR count). The molecule has 13 nitrogen and oxygen atoms in total. The molecular weight excluding hydrogens is 707 g/mol. The molecule has 3 unspecified atom stereocenters. The van der Waals surface area contributed by atoms with Gasteiger partial charge in [0.25, 0.3) is 0 Å². The van der Waals surface area contributed by atoms with E-state index >= 15 is 0 Å². The van der Waals surface area contributed by atoms with Crippen molar-refractivity contribution in [3.05, 3.63) is 0 Å². The Morgan fingerprint density at radius 3 is 1.98 bits per heavy atom. The van der Waals surface area contributed by atoms with Crippen molar-refractivity contribution in [2.24, 2.45) is 5.92 Å². The Morgan fingerprint density at radius 1 is 0.788 bits per heavy atom. The van der Waals surface area contributed by atoms with Crippen LogP contribution in [0.2, 0.25) is 0 Å². The van der Waals surface area contributed by atoms with Crippen LogP contribution in [0.15, 0.2) is 0 Å². The van der Waals surface area contributed by atoms with Gasteiger partial charge in [-0.1, -0.05) is 80.9 Å². The van der Waals surface area contributed by atoms with Crippen LogP contribution in [0.25, 0.3) is 0 Å². The minimum Gasteiger partial charge on any atom is -0.467 e. The lowest BCUT2D eigenvalue weighted by atomic mass is 10.0. The van der Waals surface area contributed by atoms with Crippen LogP contribution in [0.3, 0.4) is 0 Å². The van der Waals surface area contributed by atoms with Crippen molar-refractivity contribution in [2.45, 2.75) is 154 Å². The monoisotopic (exact) mass is 767 g/mol. The number of methoxy groups -OCH3 is 1. The number of carbonyl (C=O) groups is 7. The molecule has 0 aliphatic carbocycles. The fraction of sp³-hybridized carbons (Fsp3) is 0.811. The minimum absolute atomic E-state index is 0.0583. The molecule has 0 spiro atoms. The summed E-state index contributed by atoms with van der Waals surface area (Å²) in [6, 6.07) is -4.33. The van der Waals surface area contributed by atoms with Crippen molar-refractivity contribution in [3.8, 4) is 0 Å². The van der Waals surface area contributed by atoms with Crippen molar-refractivity contribution in [2.75, 3.05) is 31.7 Å². The standard InChI is InChI=1S/C37H61N5O8S2/c1-5-26(43)16-12-10-8-6-7-9-11-13-19-32(44)38-28-23-51-52-24-29(37(49)50-4)40-33(45)27(22-25(2)3)39-34(46)30-17-14-20-41(30)36(48)31-18-15-21-42(31)35(28)47/h25,27-31H,5-24H2,1-4H3,(H,38,44)(H,39,46)(H,40,45)/t27?,28?,29?,30-,31-/m0/s1. The van der Waals surface area contributed by atoms with Gasteiger partial charge < -0.3 is 30.5 Å². The van der Waals surface area contributed by atoms with Gasteiger partial charge in [-0.3, -0.25) is 28.8 Å². The third-order valence-electron chi connectivity index (χ3n) is 9.99. The van der Waals surface area contributed by atoms with Crippen LogP contribution in [0.5, 0.6) is 0 Å². The molecule has 0 radical (unpaired) electrons. The number of nitrogens with one attached hydrogen (secondary N) is 3. The Kier molecular flexibility index (Phi) is 19.3. The number of hydrogen-bond donors (Lipinski definition) is 3. The van der Waals surface area contributed by atoms with Gasteiger partial charge in [0.2, 0.25) is 29.5 Å². The summed E-state index contributed by atoms with van der Waals surface area (Å²) in [7, 11) is 3.81. The molecule has 0 aromatic heterocycles. The maximum Gasteiger partial charge on any atom is 0.329 e. The number of hydrogen-bond acceptors (Lipinski definition) is 10. The lowest BCUT2D eigenvalue weighted by Crippen LogP contribution is -2.58. The van der Waals surface area contributed by atoms with E-state index in [1.165, 1.54) is 33.6 Å². The van der Waals surface area contributed by atoms with Gasteiger partial charge >= 0.3 is 5.97 Å². The van der Waals surface area contributed by atoms with E-state index in [1.807, 2.05) is 20.8 Å². The van der Waals surface area contributed by atoms with Gasteiger partial charge in [-0.25, -0.2) is 4.79 Å². The zero-order valence-electron chi connectivity index (χ0n) is 31.6. The van der Waals surface area contributed by atoms with E-state index in [9.17, 15) is 33.6 Å². The SMILES string of the molecule is CCC(=O)CCCCCCCCCCC(=O)NC1CSSCC(C(=O)OC)NC(=O)C(CC(C)C)NC(=O)[C@@H]2CCCN2C(=O)[C@@H]2CCCN2C1=O. The van der Waals surface area contributed by atoms with E-state index < -0.39 is 48.0 Å². The van der Waals surface area contributed by atoms with Crippen molar-refractivity contribution < 1.29 is 38.3 Å². The second-order valence-corrected chi connectivity index (χ2v) is 17.1. The van der Waals surface area contributed by atoms with Gasteiger partial charge in [0.15, 0.2) is 0 Å². The smallest absolute Gasteiger partial charge is 0.329 e. The summed E-state index contributed by atoms with van der Waals surface area (Å²) in [4.78, 5) is 95.6. The van der Waals surface area contributed by atoms with Crippen molar-refractivity contribution in [1.82, 2.24) is 25.8 Å². The van der Waals surface area contributed by atoms with E-state index in [2.05, 4.69) is 16.0 Å². The van der Waals surface area contributed by atoms with Gasteiger partial charge in [-0.15, -0.1) is 0 Å². The fourth-order valence-corrected chi connectivity index (χ4v) is 9.36. The average molecular weight is 768 g/mol. The highest BCUT2D eigenvalue weighted by molar-refractivity contribution is 8.76. The number of unbranched alkanes of at least 4 members (excludes halogenated alkanes) is 7. The summed E-state index contributed by atoms with van der Waals surface area (Å²) >= 11 is 0. The van der Waals surface area contributed by atoms with E-state index in [0.29, 0.717) is 70.2 Å². The number of rotatable bonds is 16. The summed E-state index contributed by atoms with van der Waals surface area (Å²) in [5.41, 5.74) is 0. The van der Waals surface area contributed by atoms with E-state index in [1.54, 1.807) is 4.90 Å². The summed E-state index contributed by atoms with van der Waals surface area (Å²) in [5.74, 6) is -1.72. The molecule has 0 aromatic carbocycles. The summed E-state index contributed by atoms with van der Waals surface area (Å²) < 4.78 is 4.96. The number of esters is 1. The molecule has 3 aliphatic heterocycles. The normalized spacial score (nSPS) is 24.9. The molecule has 294 valence electrons. The van der Waals surface area contributed by atoms with Crippen molar-refractivity contribution in [1.29, 1.82) is 0 Å². The quantitative estimate of drug-likeness (QED) is 0.119. The molecule has 3 fully saturated rings. The first kappa shape index (κ1) is 43.6. The predicted molar refractivity (Wildman–Crippen MR) is 203 cm³/mol. The molecule has 3 heterocycles.